The smallest absolute Gasteiger partial charge is 0.267 e. The summed E-state index contributed by atoms with van der Waals surface area (Å²) in [5, 5.41) is 9.29. The molecule has 0 spiro atoms. The number of hydrogen-bond donors (Lipinski definition) is 2. The number of aryl methyl sites for hydroxylation is 3. The highest BCUT2D eigenvalue weighted by atomic mass is 16.1. The Morgan fingerprint density at radius 2 is 1.90 bits per heavy atom. The van der Waals surface area contributed by atoms with Gasteiger partial charge in [-0.25, -0.2) is 9.97 Å². The maximum atomic E-state index is 11.8. The van der Waals surface area contributed by atoms with E-state index in [2.05, 4.69) is 20.2 Å². The van der Waals surface area contributed by atoms with Crippen LogP contribution in [0.1, 0.15) is 16.2 Å². The number of aromatic nitrogens is 7. The number of primary amides is 2. The van der Waals surface area contributed by atoms with E-state index in [1.54, 1.807) is 34.8 Å². The summed E-state index contributed by atoms with van der Waals surface area (Å²) in [5.41, 5.74) is 14.1. The van der Waals surface area contributed by atoms with Gasteiger partial charge in [-0.15, -0.1) is 0 Å². The summed E-state index contributed by atoms with van der Waals surface area (Å²) < 4.78 is 4.94. The highest BCUT2D eigenvalue weighted by Gasteiger charge is 2.20. The van der Waals surface area contributed by atoms with E-state index in [0.29, 0.717) is 28.4 Å². The average molecular weight is 393 g/mol. The van der Waals surface area contributed by atoms with Crippen LogP contribution >= 0.6 is 0 Å². The number of amides is 2. The Hall–Kier alpha value is -4.02. The highest BCUT2D eigenvalue weighted by Crippen LogP contribution is 2.29. The molecule has 0 unspecified atom stereocenters. The van der Waals surface area contributed by atoms with Crippen molar-refractivity contribution < 1.29 is 9.59 Å². The van der Waals surface area contributed by atoms with Gasteiger partial charge in [-0.05, 0) is 19.1 Å². The van der Waals surface area contributed by atoms with Crippen molar-refractivity contribution >= 4 is 22.7 Å². The normalized spacial score (nSPS) is 11.3. The predicted octanol–water partition coefficient (Wildman–Crippen LogP) is 0.125. The minimum Gasteiger partial charge on any atom is -0.368 e. The van der Waals surface area contributed by atoms with Crippen LogP contribution in [0.25, 0.3) is 33.8 Å². The Labute approximate surface area is 164 Å². The molecule has 4 aromatic heterocycles. The fraction of sp³-hybridized carbons (Fsp3) is 0.222. The summed E-state index contributed by atoms with van der Waals surface area (Å²) in [5.74, 6) is -0.622. The number of hydrogen-bond acceptors (Lipinski definition) is 6. The van der Waals surface area contributed by atoms with Gasteiger partial charge in [-0.1, -0.05) is 0 Å². The molecule has 0 saturated heterocycles. The van der Waals surface area contributed by atoms with E-state index >= 15 is 0 Å². The fourth-order valence-electron chi connectivity index (χ4n) is 3.27. The van der Waals surface area contributed by atoms with Crippen LogP contribution in [0, 0.1) is 6.92 Å². The second-order valence-electron chi connectivity index (χ2n) is 6.78. The number of carbonyl (C=O) groups is 2. The monoisotopic (exact) mass is 393 g/mol. The number of fused-ring (bicyclic) bond motifs is 1. The Kier molecular flexibility index (Phi) is 4.14. The lowest BCUT2D eigenvalue weighted by atomic mass is 10.2. The Balaban J connectivity index is 1.91. The van der Waals surface area contributed by atoms with Gasteiger partial charge in [0, 0.05) is 25.7 Å². The summed E-state index contributed by atoms with van der Waals surface area (Å²) >= 11 is 0. The standard InChI is InChI=1S/C18H19N9O2/c1-9-4-14(27(24-9)8-15(19)28)12-7-25(2)18(23-12)16-10-6-21-26(3)13(10)5-11(22-16)17(20)29/h4-7H,8H2,1-3H3,(H2,19,28)(H2,20,29). The zero-order valence-electron chi connectivity index (χ0n) is 16.1. The maximum absolute atomic E-state index is 11.8. The van der Waals surface area contributed by atoms with Gasteiger partial charge in [0.25, 0.3) is 5.91 Å². The van der Waals surface area contributed by atoms with Crippen molar-refractivity contribution in [1.82, 2.24) is 34.1 Å². The van der Waals surface area contributed by atoms with E-state index in [4.69, 9.17) is 11.5 Å². The molecule has 4 N–H and O–H groups in total. The second kappa shape index (κ2) is 6.55. The SMILES string of the molecule is Cc1cc(-c2cn(C)c(-c3nc(C(N)=O)cc4c3cnn4C)n2)n(CC(N)=O)n1. The van der Waals surface area contributed by atoms with Gasteiger partial charge in [0.05, 0.1) is 23.1 Å². The second-order valence-corrected chi connectivity index (χ2v) is 6.78. The molecule has 11 heteroatoms. The third-order valence-electron chi connectivity index (χ3n) is 4.56. The lowest BCUT2D eigenvalue weighted by molar-refractivity contribution is -0.118. The van der Waals surface area contributed by atoms with E-state index in [1.165, 1.54) is 4.68 Å². The summed E-state index contributed by atoms with van der Waals surface area (Å²) in [7, 11) is 3.58. The van der Waals surface area contributed by atoms with Crippen LogP contribution < -0.4 is 11.5 Å². The van der Waals surface area contributed by atoms with E-state index in [9.17, 15) is 9.59 Å². The Morgan fingerprint density at radius 1 is 1.14 bits per heavy atom. The van der Waals surface area contributed by atoms with Crippen molar-refractivity contribution in [3.05, 3.63) is 35.9 Å². The molecule has 0 aromatic carbocycles. The number of imidazole rings is 1. The minimum absolute atomic E-state index is 0.0582. The maximum Gasteiger partial charge on any atom is 0.267 e. The highest BCUT2D eigenvalue weighted by molar-refractivity contribution is 5.99. The molecule has 4 heterocycles. The Bertz CT molecular complexity index is 1280. The summed E-state index contributed by atoms with van der Waals surface area (Å²) in [4.78, 5) is 32.3. The van der Waals surface area contributed by atoms with Crippen LogP contribution in [-0.4, -0.2) is 45.9 Å². The quantitative estimate of drug-likeness (QED) is 0.491. The molecule has 0 aliphatic rings. The predicted molar refractivity (Wildman–Crippen MR) is 104 cm³/mol. The molecular formula is C18H19N9O2. The molecule has 0 saturated carbocycles. The zero-order chi connectivity index (χ0) is 20.9. The summed E-state index contributed by atoms with van der Waals surface area (Å²) in [6.07, 6.45) is 3.46. The van der Waals surface area contributed by atoms with Gasteiger partial charge < -0.3 is 16.0 Å². The third-order valence-corrected chi connectivity index (χ3v) is 4.56. The van der Waals surface area contributed by atoms with E-state index in [-0.39, 0.29) is 12.2 Å². The molecule has 0 radical (unpaired) electrons. The molecular weight excluding hydrogens is 374 g/mol. The van der Waals surface area contributed by atoms with Gasteiger partial charge in [0.2, 0.25) is 5.91 Å². The van der Waals surface area contributed by atoms with Gasteiger partial charge in [-0.2, -0.15) is 10.2 Å². The molecule has 11 nitrogen and oxygen atoms in total. The van der Waals surface area contributed by atoms with Crippen LogP contribution in [0.15, 0.2) is 24.5 Å². The number of nitrogens with two attached hydrogens (primary N) is 2. The van der Waals surface area contributed by atoms with Crippen LogP contribution in [0.3, 0.4) is 0 Å². The molecule has 0 aliphatic heterocycles. The Morgan fingerprint density at radius 3 is 2.59 bits per heavy atom. The molecule has 0 bridgehead atoms. The average Bonchev–Trinajstić information content (AvgIpc) is 3.31. The minimum atomic E-state index is -0.640. The molecule has 0 fully saturated rings. The van der Waals surface area contributed by atoms with Crippen molar-refractivity contribution in [2.75, 3.05) is 0 Å². The molecule has 2 amide bonds. The van der Waals surface area contributed by atoms with Crippen molar-refractivity contribution in [2.24, 2.45) is 25.6 Å². The van der Waals surface area contributed by atoms with Gasteiger partial charge in [0.1, 0.15) is 23.6 Å². The molecule has 0 aliphatic carbocycles. The zero-order valence-corrected chi connectivity index (χ0v) is 16.1. The van der Waals surface area contributed by atoms with Crippen molar-refractivity contribution in [2.45, 2.75) is 13.5 Å². The molecule has 4 rings (SSSR count). The first-order valence-electron chi connectivity index (χ1n) is 8.74. The molecule has 0 atom stereocenters. The van der Waals surface area contributed by atoms with Crippen molar-refractivity contribution in [1.29, 1.82) is 0 Å². The van der Waals surface area contributed by atoms with E-state index in [0.717, 1.165) is 11.1 Å². The first-order valence-corrected chi connectivity index (χ1v) is 8.74. The largest absolute Gasteiger partial charge is 0.368 e. The molecule has 4 aromatic rings. The van der Waals surface area contributed by atoms with Crippen LogP contribution in [0.5, 0.6) is 0 Å². The van der Waals surface area contributed by atoms with Gasteiger partial charge >= 0.3 is 0 Å². The summed E-state index contributed by atoms with van der Waals surface area (Å²) in [6.45, 7) is 1.76. The summed E-state index contributed by atoms with van der Waals surface area (Å²) in [6, 6.07) is 3.42. The van der Waals surface area contributed by atoms with Crippen LogP contribution in [0.2, 0.25) is 0 Å². The fourth-order valence-corrected chi connectivity index (χ4v) is 3.27. The number of pyridine rings is 1. The van der Waals surface area contributed by atoms with Crippen LogP contribution in [0.4, 0.5) is 0 Å². The first kappa shape index (κ1) is 18.3. The van der Waals surface area contributed by atoms with Gasteiger partial charge in [0.15, 0.2) is 5.82 Å². The van der Waals surface area contributed by atoms with Crippen molar-refractivity contribution in [3.63, 3.8) is 0 Å². The van der Waals surface area contributed by atoms with E-state index < -0.39 is 11.8 Å². The number of rotatable bonds is 5. The van der Waals surface area contributed by atoms with Crippen molar-refractivity contribution in [3.8, 4) is 22.9 Å². The number of carbonyl (C=O) groups excluding carboxylic acids is 2. The third kappa shape index (κ3) is 3.12. The van der Waals surface area contributed by atoms with E-state index in [1.807, 2.05) is 20.0 Å². The lowest BCUT2D eigenvalue weighted by Crippen LogP contribution is -2.20. The number of nitrogens with zero attached hydrogens (tertiary/aromatic N) is 7. The van der Waals surface area contributed by atoms with Gasteiger partial charge in [-0.3, -0.25) is 19.0 Å². The topological polar surface area (TPSA) is 153 Å². The van der Waals surface area contributed by atoms with Crippen LogP contribution in [-0.2, 0) is 25.4 Å². The first-order chi connectivity index (χ1) is 13.7. The lowest BCUT2D eigenvalue weighted by Gasteiger charge is -2.05. The molecule has 29 heavy (non-hydrogen) atoms. The molecule has 148 valence electrons.